The molecule has 0 fully saturated rings. The fourth-order valence-corrected chi connectivity index (χ4v) is 8.82. The van der Waals surface area contributed by atoms with Crippen molar-refractivity contribution >= 4 is 35.0 Å². The monoisotopic (exact) mass is 728 g/mol. The molecule has 0 saturated carbocycles. The molecule has 0 spiro atoms. The molecule has 1 heterocycles. The maximum Gasteiger partial charge on any atom is 0.414 e. The van der Waals surface area contributed by atoms with Crippen LogP contribution in [0.3, 0.4) is 0 Å². The van der Waals surface area contributed by atoms with Crippen molar-refractivity contribution in [3.63, 3.8) is 0 Å². The number of fused-ring (bicyclic) bond motifs is 3. The number of anilines is 2. The van der Waals surface area contributed by atoms with E-state index in [2.05, 4.69) is 235 Å². The van der Waals surface area contributed by atoms with Crippen LogP contribution >= 0.6 is 0 Å². The molecule has 0 aromatic heterocycles. The number of nitrogens with zero attached hydrogens (tertiary/aromatic N) is 1. The minimum absolute atomic E-state index is 0.0210. The lowest BCUT2D eigenvalue weighted by atomic mass is 9.55. The second-order valence-electron chi connectivity index (χ2n) is 14.8. The molecule has 57 heavy (non-hydrogen) atoms. The standard InChI is InChI=1S/C54H41BN2/c1-2-19-32-46(31-18-1)57-52-38-44(40-23-10-4-11-24-40)36-50(42-27-14-6-15-28-42)53(52)48-34-20-33-47(54(48)55(57)56-45-29-16-7-17-30-45)51-37-43(39-21-8-3-9-22-39)35-49(51)41-25-12-5-13-26-41/h1-31,33-38,51,56H,32H2. The van der Waals surface area contributed by atoms with Crippen LogP contribution in [0.25, 0.3) is 44.5 Å². The summed E-state index contributed by atoms with van der Waals surface area (Å²) in [6.45, 7) is -0.224. The largest absolute Gasteiger partial charge is 0.414 e. The highest BCUT2D eigenvalue weighted by atomic mass is 15.2. The number of hydrogen-bond acceptors (Lipinski definition) is 2. The van der Waals surface area contributed by atoms with Gasteiger partial charge in [0.15, 0.2) is 0 Å². The van der Waals surface area contributed by atoms with Crippen LogP contribution < -0.4 is 15.5 Å². The molecule has 270 valence electrons. The maximum atomic E-state index is 4.12. The van der Waals surface area contributed by atoms with Crippen molar-refractivity contribution < 1.29 is 0 Å². The van der Waals surface area contributed by atoms with Gasteiger partial charge >= 0.3 is 6.98 Å². The molecule has 2 nitrogen and oxygen atoms in total. The van der Waals surface area contributed by atoms with Gasteiger partial charge in [-0.25, -0.2) is 0 Å². The van der Waals surface area contributed by atoms with Crippen molar-refractivity contribution in [2.24, 2.45) is 0 Å². The van der Waals surface area contributed by atoms with Crippen LogP contribution in [0.5, 0.6) is 0 Å². The van der Waals surface area contributed by atoms with Crippen LogP contribution in [0, 0.1) is 0 Å². The van der Waals surface area contributed by atoms with E-state index in [9.17, 15) is 0 Å². The highest BCUT2D eigenvalue weighted by molar-refractivity contribution is 6.82. The van der Waals surface area contributed by atoms with Crippen LogP contribution in [0.1, 0.15) is 29.0 Å². The topological polar surface area (TPSA) is 15.3 Å². The summed E-state index contributed by atoms with van der Waals surface area (Å²) in [6, 6.07) is 66.0. The van der Waals surface area contributed by atoms with Gasteiger partial charge in [0.05, 0.1) is 0 Å². The Labute approximate surface area is 336 Å². The molecule has 2 aliphatic carbocycles. The first-order valence-electron chi connectivity index (χ1n) is 19.9. The van der Waals surface area contributed by atoms with E-state index in [0.29, 0.717) is 0 Å². The molecular formula is C54H41BN2. The minimum atomic E-state index is -0.224. The van der Waals surface area contributed by atoms with Gasteiger partial charge in [0.25, 0.3) is 0 Å². The number of hydrogen-bond donors (Lipinski definition) is 1. The Morgan fingerprint density at radius 1 is 0.526 bits per heavy atom. The Hall–Kier alpha value is -7.10. The van der Waals surface area contributed by atoms with E-state index in [-0.39, 0.29) is 12.9 Å². The van der Waals surface area contributed by atoms with Gasteiger partial charge in [0.2, 0.25) is 0 Å². The third kappa shape index (κ3) is 6.58. The van der Waals surface area contributed by atoms with E-state index in [1.165, 1.54) is 78.1 Å². The molecule has 1 atom stereocenters. The first kappa shape index (κ1) is 34.4. The molecule has 0 amide bonds. The summed E-state index contributed by atoms with van der Waals surface area (Å²) in [5.74, 6) is 0.0210. The van der Waals surface area contributed by atoms with Crippen molar-refractivity contribution in [2.75, 3.05) is 10.0 Å². The van der Waals surface area contributed by atoms with Crippen molar-refractivity contribution in [3.8, 4) is 33.4 Å². The molecule has 0 bridgehead atoms. The zero-order valence-electron chi connectivity index (χ0n) is 31.7. The smallest absolute Gasteiger partial charge is 0.405 e. The summed E-state index contributed by atoms with van der Waals surface area (Å²) >= 11 is 0. The van der Waals surface area contributed by atoms with Crippen LogP contribution in [0.15, 0.2) is 230 Å². The molecule has 1 aliphatic heterocycles. The number of rotatable bonds is 8. The minimum Gasteiger partial charge on any atom is -0.405 e. The summed E-state index contributed by atoms with van der Waals surface area (Å²) in [5, 5.41) is 4.12. The molecule has 0 saturated heterocycles. The molecule has 3 aliphatic rings. The lowest BCUT2D eigenvalue weighted by Crippen LogP contribution is -2.58. The third-order valence-corrected chi connectivity index (χ3v) is 11.4. The number of allylic oxidation sites excluding steroid dienone is 9. The lowest BCUT2D eigenvalue weighted by molar-refractivity contribution is 1.10. The Bertz CT molecular complexity index is 2710. The molecule has 1 unspecified atom stereocenters. The van der Waals surface area contributed by atoms with Crippen LogP contribution in [0.4, 0.5) is 11.4 Å². The van der Waals surface area contributed by atoms with Crippen molar-refractivity contribution in [2.45, 2.75) is 12.3 Å². The van der Waals surface area contributed by atoms with E-state index in [1.807, 2.05) is 0 Å². The first-order valence-corrected chi connectivity index (χ1v) is 19.9. The van der Waals surface area contributed by atoms with Gasteiger partial charge in [-0.15, -0.1) is 0 Å². The summed E-state index contributed by atoms with van der Waals surface area (Å²) < 4.78 is 0. The van der Waals surface area contributed by atoms with Gasteiger partial charge in [-0.2, -0.15) is 0 Å². The van der Waals surface area contributed by atoms with Gasteiger partial charge < -0.3 is 10.0 Å². The average molecular weight is 729 g/mol. The third-order valence-electron chi connectivity index (χ3n) is 11.4. The van der Waals surface area contributed by atoms with E-state index in [1.54, 1.807) is 0 Å². The summed E-state index contributed by atoms with van der Waals surface area (Å²) in [4.78, 5) is 2.59. The van der Waals surface area contributed by atoms with Gasteiger partial charge in [0.1, 0.15) is 0 Å². The SMILES string of the molecule is C1=CC=C(N2B(Nc3ccccc3)c3c(cccc3C3C=C(c4ccccc4)C=C3c3ccccc3)-c3c(-c4ccccc4)cc(-c4ccccc4)cc32)CC=C1. The lowest BCUT2D eigenvalue weighted by Gasteiger charge is -2.42. The summed E-state index contributed by atoms with van der Waals surface area (Å²) in [7, 11) is 0. The Morgan fingerprint density at radius 2 is 1.16 bits per heavy atom. The molecule has 1 N–H and O–H groups in total. The first-order chi connectivity index (χ1) is 28.3. The zero-order chi connectivity index (χ0) is 38.0. The maximum absolute atomic E-state index is 4.12. The van der Waals surface area contributed by atoms with Gasteiger partial charge in [-0.1, -0.05) is 188 Å². The van der Waals surface area contributed by atoms with E-state index < -0.39 is 0 Å². The van der Waals surface area contributed by atoms with Crippen LogP contribution in [-0.2, 0) is 0 Å². The molecule has 3 heteroatoms. The second kappa shape index (κ2) is 15.2. The van der Waals surface area contributed by atoms with Gasteiger partial charge in [-0.3, -0.25) is 0 Å². The number of benzene rings is 7. The van der Waals surface area contributed by atoms with Crippen molar-refractivity contribution in [1.29, 1.82) is 0 Å². The highest BCUT2D eigenvalue weighted by Gasteiger charge is 2.42. The fraction of sp³-hybridized carbons (Fsp3) is 0.0370. The molecular weight excluding hydrogens is 687 g/mol. The summed E-state index contributed by atoms with van der Waals surface area (Å²) in [5.41, 5.74) is 18.4. The quantitative estimate of drug-likeness (QED) is 0.157. The molecule has 0 radical (unpaired) electrons. The Balaban J connectivity index is 1.29. The second-order valence-corrected chi connectivity index (χ2v) is 14.8. The Morgan fingerprint density at radius 3 is 1.86 bits per heavy atom. The predicted molar refractivity (Wildman–Crippen MR) is 243 cm³/mol. The van der Waals surface area contributed by atoms with Crippen molar-refractivity contribution in [3.05, 3.63) is 247 Å². The molecule has 10 rings (SSSR count). The van der Waals surface area contributed by atoms with Gasteiger partial charge in [-0.05, 0) is 97.5 Å². The molecule has 7 aromatic rings. The highest BCUT2D eigenvalue weighted by Crippen LogP contribution is 2.49. The van der Waals surface area contributed by atoms with E-state index >= 15 is 0 Å². The number of para-hydroxylation sites is 1. The van der Waals surface area contributed by atoms with Crippen LogP contribution in [0.2, 0.25) is 0 Å². The Kier molecular flexibility index (Phi) is 9.18. The predicted octanol–water partition coefficient (Wildman–Crippen LogP) is 13.0. The fourth-order valence-electron chi connectivity index (χ4n) is 8.82. The van der Waals surface area contributed by atoms with E-state index in [0.717, 1.165) is 12.1 Å². The number of nitrogens with one attached hydrogen (secondary N) is 1. The average Bonchev–Trinajstić information content (AvgIpc) is 3.56. The van der Waals surface area contributed by atoms with Crippen molar-refractivity contribution in [1.82, 2.24) is 0 Å². The zero-order valence-corrected chi connectivity index (χ0v) is 31.7. The molecule has 7 aromatic carbocycles. The van der Waals surface area contributed by atoms with Gasteiger partial charge in [0, 0.05) is 35.0 Å². The van der Waals surface area contributed by atoms with E-state index in [4.69, 9.17) is 0 Å². The normalized spacial score (nSPS) is 15.6. The van der Waals surface area contributed by atoms with Crippen LogP contribution in [-0.4, -0.2) is 6.98 Å². The summed E-state index contributed by atoms with van der Waals surface area (Å²) in [6.07, 6.45) is 16.7.